The van der Waals surface area contributed by atoms with E-state index in [-0.39, 0.29) is 17.4 Å². The summed E-state index contributed by atoms with van der Waals surface area (Å²) < 4.78 is 0. The molecular formula is C13H17ClN4O2. The van der Waals surface area contributed by atoms with Gasteiger partial charge in [-0.3, -0.25) is 19.5 Å². The summed E-state index contributed by atoms with van der Waals surface area (Å²) in [5.41, 5.74) is 0. The van der Waals surface area contributed by atoms with Crippen LogP contribution in [0.5, 0.6) is 0 Å². The normalized spacial score (nSPS) is 28.2. The summed E-state index contributed by atoms with van der Waals surface area (Å²) in [4.78, 5) is 35.8. The minimum absolute atomic E-state index is 0.0673. The summed E-state index contributed by atoms with van der Waals surface area (Å²) in [6.45, 7) is 0.371. The quantitative estimate of drug-likeness (QED) is 0.535. The average Bonchev–Trinajstić information content (AvgIpc) is 2.46. The molecule has 6 nitrogen and oxygen atoms in total. The number of rotatable bonds is 1. The number of carbonyl (C=O) groups is 2. The highest BCUT2D eigenvalue weighted by Crippen LogP contribution is 2.28. The molecule has 2 fully saturated rings. The van der Waals surface area contributed by atoms with E-state index in [9.17, 15) is 9.59 Å². The Bertz CT molecular complexity index is 511. The second-order valence-electron chi connectivity index (χ2n) is 5.48. The third-order valence-corrected chi connectivity index (χ3v) is 4.48. The first-order valence-electron chi connectivity index (χ1n) is 6.98. The molecule has 1 aliphatic carbocycles. The first kappa shape index (κ1) is 13.5. The van der Waals surface area contributed by atoms with E-state index in [1.165, 1.54) is 11.3 Å². The topological polar surface area (TPSA) is 65.3 Å². The van der Waals surface area contributed by atoms with Gasteiger partial charge in [0.05, 0.1) is 6.54 Å². The number of likely N-dealkylation sites (N-methyl/N-ethyl adjacent to an activating group) is 1. The molecule has 20 heavy (non-hydrogen) atoms. The van der Waals surface area contributed by atoms with Crippen molar-refractivity contribution in [3.63, 3.8) is 0 Å². The summed E-state index contributed by atoms with van der Waals surface area (Å²) in [7, 11) is 1.62. The summed E-state index contributed by atoms with van der Waals surface area (Å²) >= 11 is 5.89. The summed E-state index contributed by atoms with van der Waals surface area (Å²) in [6.07, 6.45) is 5.19. The van der Waals surface area contributed by atoms with Gasteiger partial charge >= 0.3 is 11.8 Å². The molecule has 0 spiro atoms. The first-order chi connectivity index (χ1) is 9.59. The van der Waals surface area contributed by atoms with Crippen molar-refractivity contribution in [1.29, 1.82) is 0 Å². The number of halogens is 1. The average molecular weight is 297 g/mol. The fourth-order valence-electron chi connectivity index (χ4n) is 3.15. The van der Waals surface area contributed by atoms with E-state index < -0.39 is 11.8 Å². The summed E-state index contributed by atoms with van der Waals surface area (Å²) in [5.74, 6) is -0.377. The lowest BCUT2D eigenvalue weighted by molar-refractivity contribution is -0.153. The molecule has 1 atom stereocenters. The Kier molecular flexibility index (Phi) is 3.50. The Balaban J connectivity index is 1.97. The number of nitrogens with zero attached hydrogens (tertiary/aromatic N) is 4. The third-order valence-electron chi connectivity index (χ3n) is 4.28. The lowest BCUT2D eigenvalue weighted by Gasteiger charge is -2.44. The molecule has 0 N–H and O–H groups in total. The SMILES string of the molecule is CN1C(=O)C(=O)N(C2CCCCC2)C2=NC(Cl)=NCC21. The Morgan fingerprint density at radius 2 is 1.85 bits per heavy atom. The van der Waals surface area contributed by atoms with Crippen molar-refractivity contribution in [2.75, 3.05) is 13.6 Å². The molecule has 0 aromatic rings. The van der Waals surface area contributed by atoms with Crippen LogP contribution in [-0.2, 0) is 9.59 Å². The second-order valence-corrected chi connectivity index (χ2v) is 5.82. The molecule has 2 amide bonds. The van der Waals surface area contributed by atoms with Gasteiger partial charge in [0.2, 0.25) is 5.29 Å². The molecule has 2 heterocycles. The highest BCUT2D eigenvalue weighted by molar-refractivity contribution is 6.66. The molecule has 1 saturated carbocycles. The van der Waals surface area contributed by atoms with E-state index in [2.05, 4.69) is 9.98 Å². The summed E-state index contributed by atoms with van der Waals surface area (Å²) in [6, 6.07) is -0.206. The van der Waals surface area contributed by atoms with Gasteiger partial charge in [-0.1, -0.05) is 19.3 Å². The van der Waals surface area contributed by atoms with E-state index in [1.54, 1.807) is 11.9 Å². The monoisotopic (exact) mass is 296 g/mol. The van der Waals surface area contributed by atoms with Crippen LogP contribution < -0.4 is 0 Å². The van der Waals surface area contributed by atoms with Crippen LogP contribution in [0.25, 0.3) is 0 Å². The molecule has 3 rings (SSSR count). The molecule has 108 valence electrons. The molecule has 0 aromatic carbocycles. The fraction of sp³-hybridized carbons (Fsp3) is 0.692. The molecule has 2 aliphatic heterocycles. The van der Waals surface area contributed by atoms with Crippen LogP contribution in [0.15, 0.2) is 9.98 Å². The summed E-state index contributed by atoms with van der Waals surface area (Å²) in [5, 5.41) is 0.160. The predicted octanol–water partition coefficient (Wildman–Crippen LogP) is 0.995. The highest BCUT2D eigenvalue weighted by atomic mass is 35.5. The largest absolute Gasteiger partial charge is 0.325 e. The van der Waals surface area contributed by atoms with Crippen LogP contribution in [0, 0.1) is 0 Å². The molecule has 0 bridgehead atoms. The van der Waals surface area contributed by atoms with Crippen molar-refractivity contribution >= 4 is 34.5 Å². The smallest absolute Gasteiger partial charge is 0.317 e. The number of amides is 2. The number of piperazine rings is 1. The van der Waals surface area contributed by atoms with Crippen molar-refractivity contribution in [2.45, 2.75) is 44.2 Å². The van der Waals surface area contributed by atoms with Crippen LogP contribution in [0.3, 0.4) is 0 Å². The van der Waals surface area contributed by atoms with Gasteiger partial charge in [0, 0.05) is 13.1 Å². The Hall–Kier alpha value is -1.43. The zero-order valence-electron chi connectivity index (χ0n) is 11.4. The lowest BCUT2D eigenvalue weighted by atomic mass is 9.92. The van der Waals surface area contributed by atoms with Gasteiger partial charge < -0.3 is 4.90 Å². The van der Waals surface area contributed by atoms with Crippen molar-refractivity contribution in [3.8, 4) is 0 Å². The molecule has 3 aliphatic rings. The number of hydrogen-bond acceptors (Lipinski definition) is 4. The van der Waals surface area contributed by atoms with Gasteiger partial charge in [-0.05, 0) is 24.4 Å². The lowest BCUT2D eigenvalue weighted by Crippen LogP contribution is -2.65. The van der Waals surface area contributed by atoms with Crippen LogP contribution in [0.2, 0.25) is 0 Å². The van der Waals surface area contributed by atoms with E-state index >= 15 is 0 Å². The number of aliphatic imine (C=N–C) groups is 2. The van der Waals surface area contributed by atoms with E-state index in [0.717, 1.165) is 25.7 Å². The Morgan fingerprint density at radius 1 is 1.15 bits per heavy atom. The maximum atomic E-state index is 12.4. The van der Waals surface area contributed by atoms with Crippen LogP contribution in [-0.4, -0.2) is 58.4 Å². The number of amidine groups is 2. The van der Waals surface area contributed by atoms with Gasteiger partial charge in [-0.25, -0.2) is 4.99 Å². The number of fused-ring (bicyclic) bond motifs is 1. The zero-order valence-corrected chi connectivity index (χ0v) is 12.1. The fourth-order valence-corrected chi connectivity index (χ4v) is 3.31. The van der Waals surface area contributed by atoms with E-state index in [1.807, 2.05) is 0 Å². The van der Waals surface area contributed by atoms with Crippen LogP contribution in [0.4, 0.5) is 0 Å². The Labute approximate surface area is 122 Å². The second kappa shape index (κ2) is 5.16. The molecule has 1 unspecified atom stereocenters. The minimum atomic E-state index is -0.485. The molecule has 0 aromatic heterocycles. The van der Waals surface area contributed by atoms with Gasteiger partial charge in [0.15, 0.2) is 0 Å². The van der Waals surface area contributed by atoms with Crippen LogP contribution in [0.1, 0.15) is 32.1 Å². The Morgan fingerprint density at radius 3 is 2.55 bits per heavy atom. The molecule has 0 radical (unpaired) electrons. The van der Waals surface area contributed by atoms with Crippen molar-refractivity contribution in [3.05, 3.63) is 0 Å². The van der Waals surface area contributed by atoms with Gasteiger partial charge in [0.25, 0.3) is 0 Å². The van der Waals surface area contributed by atoms with Gasteiger partial charge in [-0.15, -0.1) is 0 Å². The van der Waals surface area contributed by atoms with Gasteiger partial charge in [0.1, 0.15) is 11.9 Å². The van der Waals surface area contributed by atoms with Crippen molar-refractivity contribution in [2.24, 2.45) is 9.98 Å². The van der Waals surface area contributed by atoms with E-state index in [4.69, 9.17) is 11.6 Å². The maximum absolute atomic E-state index is 12.4. The first-order valence-corrected chi connectivity index (χ1v) is 7.36. The van der Waals surface area contributed by atoms with Crippen molar-refractivity contribution < 1.29 is 9.59 Å². The number of hydrogen-bond donors (Lipinski definition) is 0. The number of carbonyl (C=O) groups excluding carboxylic acids is 2. The third kappa shape index (κ3) is 2.12. The minimum Gasteiger partial charge on any atom is -0.325 e. The van der Waals surface area contributed by atoms with Crippen molar-refractivity contribution in [1.82, 2.24) is 9.80 Å². The molecule has 1 saturated heterocycles. The standard InChI is InChI=1S/C13H17ClN4O2/c1-17-9-7-15-13(14)16-10(9)18(12(20)11(17)19)8-5-3-2-4-6-8/h8-9H,2-7H2,1H3. The van der Waals surface area contributed by atoms with Crippen LogP contribution >= 0.6 is 11.6 Å². The van der Waals surface area contributed by atoms with E-state index in [0.29, 0.717) is 12.4 Å². The zero-order chi connectivity index (χ0) is 14.3. The van der Waals surface area contributed by atoms with Gasteiger partial charge in [-0.2, -0.15) is 0 Å². The highest BCUT2D eigenvalue weighted by Gasteiger charge is 2.46. The predicted molar refractivity (Wildman–Crippen MR) is 75.9 cm³/mol. The molecule has 7 heteroatoms. The maximum Gasteiger partial charge on any atom is 0.317 e. The molecular weight excluding hydrogens is 280 g/mol.